The van der Waals surface area contributed by atoms with Crippen molar-refractivity contribution in [2.75, 3.05) is 13.2 Å². The van der Waals surface area contributed by atoms with Gasteiger partial charge in [-0.25, -0.2) is 0 Å². The van der Waals surface area contributed by atoms with Crippen molar-refractivity contribution in [2.45, 2.75) is 20.0 Å². The fraction of sp³-hybridized carbons (Fsp3) is 0.250. The van der Waals surface area contributed by atoms with Crippen molar-refractivity contribution in [1.29, 1.82) is 0 Å². The lowest BCUT2D eigenvalue weighted by molar-refractivity contribution is -0.147. The number of rotatable bonds is 8. The maximum atomic E-state index is 12.4. The summed E-state index contributed by atoms with van der Waals surface area (Å²) < 4.78 is 10.3. The van der Waals surface area contributed by atoms with E-state index in [0.29, 0.717) is 21.9 Å². The predicted molar refractivity (Wildman–Crippen MR) is 101 cm³/mol. The Morgan fingerprint density at radius 2 is 1.52 bits per heavy atom. The molecule has 0 bridgehead atoms. The molecule has 2 rings (SSSR count). The number of hydrogen-bond acceptors (Lipinski definition) is 5. The lowest BCUT2D eigenvalue weighted by Crippen LogP contribution is -2.34. The van der Waals surface area contributed by atoms with Crippen LogP contribution in [0.5, 0.6) is 5.75 Å². The Balaban J connectivity index is 1.83. The largest absolute Gasteiger partial charge is 0.484 e. The second kappa shape index (κ2) is 9.73. The van der Waals surface area contributed by atoms with Crippen molar-refractivity contribution in [3.8, 4) is 5.75 Å². The van der Waals surface area contributed by atoms with E-state index in [-0.39, 0.29) is 25.0 Å². The number of amides is 1. The van der Waals surface area contributed by atoms with Gasteiger partial charge in [-0.15, -0.1) is 0 Å². The molecule has 0 spiro atoms. The molecular formula is C20H20ClNO5. The Labute approximate surface area is 162 Å². The van der Waals surface area contributed by atoms with Gasteiger partial charge in [-0.1, -0.05) is 11.6 Å². The third-order valence-electron chi connectivity index (χ3n) is 3.39. The second-order valence-corrected chi connectivity index (χ2v) is 6.40. The molecule has 0 fully saturated rings. The third-order valence-corrected chi connectivity index (χ3v) is 3.64. The highest BCUT2D eigenvalue weighted by Crippen LogP contribution is 2.17. The summed E-state index contributed by atoms with van der Waals surface area (Å²) in [7, 11) is 0. The van der Waals surface area contributed by atoms with Crippen LogP contribution >= 0.6 is 11.6 Å². The van der Waals surface area contributed by atoms with Gasteiger partial charge in [0.25, 0.3) is 5.91 Å². The molecule has 1 N–H and O–H groups in total. The maximum Gasteiger partial charge on any atom is 0.325 e. The van der Waals surface area contributed by atoms with E-state index in [0.717, 1.165) is 0 Å². The van der Waals surface area contributed by atoms with Gasteiger partial charge >= 0.3 is 5.97 Å². The average molecular weight is 390 g/mol. The van der Waals surface area contributed by atoms with Gasteiger partial charge in [-0.05, 0) is 62.4 Å². The van der Waals surface area contributed by atoms with Crippen LogP contribution in [0.1, 0.15) is 29.8 Å². The number of halogens is 1. The number of carbonyl (C=O) groups is 3. The first-order valence-corrected chi connectivity index (χ1v) is 8.72. The molecule has 0 heterocycles. The summed E-state index contributed by atoms with van der Waals surface area (Å²) >= 11 is 5.82. The highest BCUT2D eigenvalue weighted by atomic mass is 35.5. The van der Waals surface area contributed by atoms with Gasteiger partial charge < -0.3 is 14.8 Å². The first-order chi connectivity index (χ1) is 12.8. The summed E-state index contributed by atoms with van der Waals surface area (Å²) in [5.41, 5.74) is 1.02. The number of ketones is 1. The molecule has 1 amide bonds. The fourth-order valence-corrected chi connectivity index (χ4v) is 2.27. The van der Waals surface area contributed by atoms with Crippen LogP contribution in [0.4, 0.5) is 0 Å². The number of hydrogen-bond donors (Lipinski definition) is 1. The number of nitrogens with one attached hydrogen (secondary N) is 1. The van der Waals surface area contributed by atoms with E-state index in [4.69, 9.17) is 21.1 Å². The molecule has 0 aliphatic heterocycles. The Morgan fingerprint density at radius 1 is 0.963 bits per heavy atom. The van der Waals surface area contributed by atoms with Crippen LogP contribution in [0.25, 0.3) is 0 Å². The quantitative estimate of drug-likeness (QED) is 0.554. The van der Waals surface area contributed by atoms with E-state index in [1.54, 1.807) is 62.4 Å². The van der Waals surface area contributed by atoms with E-state index in [2.05, 4.69) is 5.32 Å². The minimum absolute atomic E-state index is 0.139. The van der Waals surface area contributed by atoms with Crippen LogP contribution in [0, 0.1) is 0 Å². The molecule has 2 aromatic rings. The normalized spacial score (nSPS) is 10.4. The first kappa shape index (κ1) is 20.5. The zero-order chi connectivity index (χ0) is 19.8. The van der Waals surface area contributed by atoms with Crippen molar-refractivity contribution >= 4 is 29.3 Å². The topological polar surface area (TPSA) is 81.7 Å². The van der Waals surface area contributed by atoms with Gasteiger partial charge in [-0.3, -0.25) is 14.4 Å². The Morgan fingerprint density at radius 3 is 2.07 bits per heavy atom. The zero-order valence-corrected chi connectivity index (χ0v) is 15.8. The van der Waals surface area contributed by atoms with Crippen molar-refractivity contribution in [2.24, 2.45) is 0 Å². The summed E-state index contributed by atoms with van der Waals surface area (Å²) in [4.78, 5) is 35.4. The van der Waals surface area contributed by atoms with Gasteiger partial charge in [0, 0.05) is 16.1 Å². The average Bonchev–Trinajstić information content (AvgIpc) is 2.64. The minimum atomic E-state index is -0.511. The Hall–Kier alpha value is -2.86. The van der Waals surface area contributed by atoms with E-state index < -0.39 is 11.9 Å². The molecule has 7 heteroatoms. The summed E-state index contributed by atoms with van der Waals surface area (Å²) in [5.74, 6) is -0.664. The van der Waals surface area contributed by atoms with Crippen molar-refractivity contribution in [1.82, 2.24) is 5.32 Å². The monoisotopic (exact) mass is 389 g/mol. The van der Waals surface area contributed by atoms with E-state index >= 15 is 0 Å². The summed E-state index contributed by atoms with van der Waals surface area (Å²) in [5, 5.41) is 2.97. The highest BCUT2D eigenvalue weighted by molar-refractivity contribution is 6.30. The molecule has 0 radical (unpaired) electrons. The van der Waals surface area contributed by atoms with Crippen LogP contribution in [0.2, 0.25) is 5.02 Å². The summed E-state index contributed by atoms with van der Waals surface area (Å²) in [6, 6.07) is 13.1. The molecule has 0 saturated carbocycles. The van der Waals surface area contributed by atoms with Crippen molar-refractivity contribution in [3.63, 3.8) is 0 Å². The van der Waals surface area contributed by atoms with Crippen LogP contribution in [0.3, 0.4) is 0 Å². The number of ether oxygens (including phenoxy) is 2. The number of carbonyl (C=O) groups excluding carboxylic acids is 3. The third kappa shape index (κ3) is 6.75. The molecule has 2 aromatic carbocycles. The maximum absolute atomic E-state index is 12.4. The van der Waals surface area contributed by atoms with Gasteiger partial charge in [0.2, 0.25) is 0 Å². The van der Waals surface area contributed by atoms with Crippen LogP contribution < -0.4 is 10.1 Å². The lowest BCUT2D eigenvalue weighted by atomic mass is 10.0. The van der Waals surface area contributed by atoms with Crippen LogP contribution in [0.15, 0.2) is 48.5 Å². The standard InChI is InChI=1S/C20H20ClNO5/c1-13(2)27-19(24)11-22-18(23)12-26-17-9-5-15(6-10-17)20(25)14-3-7-16(21)8-4-14/h3-10,13H,11-12H2,1-2H3,(H,22,23). The summed E-state index contributed by atoms with van der Waals surface area (Å²) in [6.07, 6.45) is -0.236. The molecule has 0 aliphatic carbocycles. The molecule has 0 atom stereocenters. The molecule has 27 heavy (non-hydrogen) atoms. The fourth-order valence-electron chi connectivity index (χ4n) is 2.15. The van der Waals surface area contributed by atoms with Gasteiger partial charge in [0.05, 0.1) is 6.10 Å². The van der Waals surface area contributed by atoms with Crippen molar-refractivity contribution in [3.05, 3.63) is 64.7 Å². The van der Waals surface area contributed by atoms with Crippen LogP contribution in [-0.2, 0) is 14.3 Å². The van der Waals surface area contributed by atoms with E-state index in [1.165, 1.54) is 0 Å². The van der Waals surface area contributed by atoms with Crippen LogP contribution in [-0.4, -0.2) is 36.9 Å². The van der Waals surface area contributed by atoms with Crippen molar-refractivity contribution < 1.29 is 23.9 Å². The number of benzene rings is 2. The predicted octanol–water partition coefficient (Wildman–Crippen LogP) is 3.02. The van der Waals surface area contributed by atoms with E-state index in [1.807, 2.05) is 0 Å². The Kier molecular flexibility index (Phi) is 7.37. The number of esters is 1. The molecule has 0 aliphatic rings. The molecule has 6 nitrogen and oxygen atoms in total. The minimum Gasteiger partial charge on any atom is -0.484 e. The first-order valence-electron chi connectivity index (χ1n) is 8.34. The lowest BCUT2D eigenvalue weighted by Gasteiger charge is -2.10. The van der Waals surface area contributed by atoms with Gasteiger partial charge in [0.1, 0.15) is 12.3 Å². The Bertz CT molecular complexity index is 800. The molecular weight excluding hydrogens is 370 g/mol. The van der Waals surface area contributed by atoms with E-state index in [9.17, 15) is 14.4 Å². The molecule has 0 saturated heterocycles. The molecule has 0 aromatic heterocycles. The molecule has 142 valence electrons. The SMILES string of the molecule is CC(C)OC(=O)CNC(=O)COc1ccc(C(=O)c2ccc(Cl)cc2)cc1. The zero-order valence-electron chi connectivity index (χ0n) is 15.0. The second-order valence-electron chi connectivity index (χ2n) is 5.96. The molecule has 0 unspecified atom stereocenters. The highest BCUT2D eigenvalue weighted by Gasteiger charge is 2.11. The van der Waals surface area contributed by atoms with Gasteiger partial charge in [-0.2, -0.15) is 0 Å². The van der Waals surface area contributed by atoms with Gasteiger partial charge in [0.15, 0.2) is 12.4 Å². The smallest absolute Gasteiger partial charge is 0.325 e. The summed E-state index contributed by atoms with van der Waals surface area (Å²) in [6.45, 7) is 2.99.